The van der Waals surface area contributed by atoms with Crippen molar-refractivity contribution in [2.75, 3.05) is 57.9 Å². The molecule has 3 heterocycles. The molecular weight excluding hydrogens is 330 g/mol. The van der Waals surface area contributed by atoms with E-state index in [2.05, 4.69) is 25.8 Å². The van der Waals surface area contributed by atoms with Gasteiger partial charge in [-0.05, 0) is 33.2 Å². The minimum Gasteiger partial charge on any atom is -0.378 e. The van der Waals surface area contributed by atoms with Crippen molar-refractivity contribution in [1.82, 2.24) is 19.8 Å². The summed E-state index contributed by atoms with van der Waals surface area (Å²) < 4.78 is 5.43. The van der Waals surface area contributed by atoms with Gasteiger partial charge in [0.25, 0.3) is 0 Å². The molecule has 0 spiro atoms. The first-order chi connectivity index (χ1) is 12.5. The quantitative estimate of drug-likeness (QED) is 0.789. The summed E-state index contributed by atoms with van der Waals surface area (Å²) in [5.41, 5.74) is 1.09. The molecule has 0 bridgehead atoms. The van der Waals surface area contributed by atoms with Crippen LogP contribution in [0.2, 0.25) is 0 Å². The standard InChI is InChI=1S/C19H31N5O2/c1-15(2)22(3)19(25)13-23-6-4-5-16(12-23)17-11-18(21-14-20-17)24-7-9-26-10-8-24/h11,14-16H,4-10,12-13H2,1-3H3. The average molecular weight is 361 g/mol. The van der Waals surface area contributed by atoms with Crippen molar-refractivity contribution in [2.45, 2.75) is 38.6 Å². The Balaban J connectivity index is 1.63. The Bertz CT molecular complexity index is 603. The van der Waals surface area contributed by atoms with Gasteiger partial charge >= 0.3 is 0 Å². The lowest BCUT2D eigenvalue weighted by molar-refractivity contribution is -0.132. The Morgan fingerprint density at radius 2 is 2.08 bits per heavy atom. The molecule has 3 rings (SSSR count). The SMILES string of the molecule is CC(C)N(C)C(=O)CN1CCCC(c2cc(N3CCOCC3)ncn2)C1. The topological polar surface area (TPSA) is 61.8 Å². The molecule has 2 aliphatic rings. The van der Waals surface area contributed by atoms with Crippen LogP contribution in [0, 0.1) is 0 Å². The van der Waals surface area contributed by atoms with Crippen LogP contribution in [0.25, 0.3) is 0 Å². The highest BCUT2D eigenvalue weighted by molar-refractivity contribution is 5.78. The van der Waals surface area contributed by atoms with E-state index in [0.717, 1.165) is 63.7 Å². The fourth-order valence-electron chi connectivity index (χ4n) is 3.58. The number of likely N-dealkylation sites (N-methyl/N-ethyl adjacent to an activating group) is 1. The van der Waals surface area contributed by atoms with Crippen molar-refractivity contribution < 1.29 is 9.53 Å². The molecule has 0 N–H and O–H groups in total. The first kappa shape index (κ1) is 19.0. The van der Waals surface area contributed by atoms with Gasteiger partial charge in [-0.1, -0.05) is 0 Å². The molecule has 144 valence electrons. The molecule has 26 heavy (non-hydrogen) atoms. The second-order valence-corrected chi connectivity index (χ2v) is 7.57. The van der Waals surface area contributed by atoms with Gasteiger partial charge in [-0.15, -0.1) is 0 Å². The van der Waals surface area contributed by atoms with Crippen LogP contribution in [0.4, 0.5) is 5.82 Å². The maximum Gasteiger partial charge on any atom is 0.236 e. The number of aromatic nitrogens is 2. The summed E-state index contributed by atoms with van der Waals surface area (Å²) in [6.45, 7) is 9.71. The molecule has 0 aromatic carbocycles. The van der Waals surface area contributed by atoms with Gasteiger partial charge in [0.2, 0.25) is 5.91 Å². The summed E-state index contributed by atoms with van der Waals surface area (Å²) in [6.07, 6.45) is 3.89. The maximum atomic E-state index is 12.4. The lowest BCUT2D eigenvalue weighted by Crippen LogP contribution is -2.44. The van der Waals surface area contributed by atoms with Crippen molar-refractivity contribution in [1.29, 1.82) is 0 Å². The maximum absolute atomic E-state index is 12.4. The van der Waals surface area contributed by atoms with Gasteiger partial charge in [-0.3, -0.25) is 9.69 Å². The number of piperidine rings is 1. The van der Waals surface area contributed by atoms with Crippen LogP contribution in [0.5, 0.6) is 0 Å². The number of rotatable bonds is 5. The number of hydrogen-bond acceptors (Lipinski definition) is 6. The molecule has 0 radical (unpaired) electrons. The van der Waals surface area contributed by atoms with E-state index in [4.69, 9.17) is 4.74 Å². The molecule has 7 heteroatoms. The Morgan fingerprint density at radius 1 is 1.31 bits per heavy atom. The van der Waals surface area contributed by atoms with Crippen LogP contribution in [-0.4, -0.2) is 84.7 Å². The van der Waals surface area contributed by atoms with Gasteiger partial charge < -0.3 is 14.5 Å². The minimum atomic E-state index is 0.192. The summed E-state index contributed by atoms with van der Waals surface area (Å²) >= 11 is 0. The number of ether oxygens (including phenoxy) is 1. The van der Waals surface area contributed by atoms with Crippen LogP contribution in [0.1, 0.15) is 38.3 Å². The predicted octanol–water partition coefficient (Wildman–Crippen LogP) is 1.36. The zero-order valence-corrected chi connectivity index (χ0v) is 16.2. The summed E-state index contributed by atoms with van der Waals surface area (Å²) in [4.78, 5) is 27.7. The highest BCUT2D eigenvalue weighted by atomic mass is 16.5. The average Bonchev–Trinajstić information content (AvgIpc) is 2.68. The first-order valence-corrected chi connectivity index (χ1v) is 9.67. The summed E-state index contributed by atoms with van der Waals surface area (Å²) in [5, 5.41) is 0. The molecule has 1 atom stereocenters. The van der Waals surface area contributed by atoms with E-state index in [-0.39, 0.29) is 11.9 Å². The third-order valence-corrected chi connectivity index (χ3v) is 5.46. The number of amides is 1. The normalized spacial score (nSPS) is 21.8. The van der Waals surface area contributed by atoms with E-state index in [1.165, 1.54) is 0 Å². The highest BCUT2D eigenvalue weighted by Crippen LogP contribution is 2.27. The molecule has 0 aliphatic carbocycles. The number of carbonyl (C=O) groups excluding carboxylic acids is 1. The van der Waals surface area contributed by atoms with Crippen molar-refractivity contribution in [3.63, 3.8) is 0 Å². The molecule has 0 saturated carbocycles. The molecule has 1 amide bonds. The Morgan fingerprint density at radius 3 is 2.81 bits per heavy atom. The second kappa shape index (κ2) is 8.77. The van der Waals surface area contributed by atoms with E-state index in [0.29, 0.717) is 12.5 Å². The molecule has 7 nitrogen and oxygen atoms in total. The third kappa shape index (κ3) is 4.71. The molecule has 2 saturated heterocycles. The number of morpholine rings is 1. The Kier molecular flexibility index (Phi) is 6.43. The molecule has 1 unspecified atom stereocenters. The van der Waals surface area contributed by atoms with Crippen molar-refractivity contribution in [2.24, 2.45) is 0 Å². The fraction of sp³-hybridized carbons (Fsp3) is 0.737. The zero-order valence-electron chi connectivity index (χ0n) is 16.2. The van der Waals surface area contributed by atoms with Gasteiger partial charge in [0, 0.05) is 44.7 Å². The monoisotopic (exact) mass is 361 g/mol. The van der Waals surface area contributed by atoms with Crippen LogP contribution >= 0.6 is 0 Å². The fourth-order valence-corrected chi connectivity index (χ4v) is 3.58. The molecule has 1 aromatic heterocycles. The number of carbonyl (C=O) groups is 1. The van der Waals surface area contributed by atoms with Gasteiger partial charge in [-0.25, -0.2) is 9.97 Å². The Hall–Kier alpha value is -1.73. The van der Waals surface area contributed by atoms with Crippen LogP contribution < -0.4 is 4.90 Å². The predicted molar refractivity (Wildman–Crippen MR) is 101 cm³/mol. The first-order valence-electron chi connectivity index (χ1n) is 9.67. The lowest BCUT2D eigenvalue weighted by Gasteiger charge is -2.34. The second-order valence-electron chi connectivity index (χ2n) is 7.57. The molecule has 1 aromatic rings. The van der Waals surface area contributed by atoms with E-state index in [9.17, 15) is 4.79 Å². The summed E-state index contributed by atoms with van der Waals surface area (Å²) in [5.74, 6) is 1.55. The van der Waals surface area contributed by atoms with E-state index in [1.54, 1.807) is 6.33 Å². The number of nitrogens with zero attached hydrogens (tertiary/aromatic N) is 5. The lowest BCUT2D eigenvalue weighted by atomic mass is 9.94. The zero-order chi connectivity index (χ0) is 18.5. The number of likely N-dealkylation sites (tertiary alicyclic amines) is 1. The van der Waals surface area contributed by atoms with Crippen molar-refractivity contribution >= 4 is 11.7 Å². The molecule has 2 fully saturated rings. The van der Waals surface area contributed by atoms with Crippen LogP contribution in [0.15, 0.2) is 12.4 Å². The minimum absolute atomic E-state index is 0.192. The number of hydrogen-bond donors (Lipinski definition) is 0. The van der Waals surface area contributed by atoms with E-state index in [1.807, 2.05) is 25.8 Å². The number of anilines is 1. The highest BCUT2D eigenvalue weighted by Gasteiger charge is 2.26. The van der Waals surface area contributed by atoms with Crippen molar-refractivity contribution in [3.8, 4) is 0 Å². The largest absolute Gasteiger partial charge is 0.378 e. The van der Waals surface area contributed by atoms with E-state index < -0.39 is 0 Å². The van der Waals surface area contributed by atoms with Gasteiger partial charge in [0.15, 0.2) is 0 Å². The summed E-state index contributed by atoms with van der Waals surface area (Å²) in [6, 6.07) is 2.36. The van der Waals surface area contributed by atoms with Crippen LogP contribution in [-0.2, 0) is 9.53 Å². The Labute approximate surface area is 156 Å². The van der Waals surface area contributed by atoms with E-state index >= 15 is 0 Å². The van der Waals surface area contributed by atoms with Gasteiger partial charge in [-0.2, -0.15) is 0 Å². The van der Waals surface area contributed by atoms with Crippen LogP contribution in [0.3, 0.4) is 0 Å². The smallest absolute Gasteiger partial charge is 0.236 e. The van der Waals surface area contributed by atoms with Crippen molar-refractivity contribution in [3.05, 3.63) is 18.1 Å². The van der Waals surface area contributed by atoms with Gasteiger partial charge in [0.05, 0.1) is 25.5 Å². The molecular formula is C19H31N5O2. The summed E-state index contributed by atoms with van der Waals surface area (Å²) in [7, 11) is 1.88. The third-order valence-electron chi connectivity index (χ3n) is 5.46. The van der Waals surface area contributed by atoms with Gasteiger partial charge in [0.1, 0.15) is 12.1 Å². The molecule has 2 aliphatic heterocycles.